The topological polar surface area (TPSA) is 112 Å². The van der Waals surface area contributed by atoms with E-state index in [9.17, 15) is 4.79 Å². The van der Waals surface area contributed by atoms with E-state index >= 15 is 0 Å². The van der Waals surface area contributed by atoms with Crippen molar-refractivity contribution in [1.29, 1.82) is 0 Å². The highest BCUT2D eigenvalue weighted by Gasteiger charge is 2.15. The highest BCUT2D eigenvalue weighted by Crippen LogP contribution is 2.34. The van der Waals surface area contributed by atoms with Gasteiger partial charge in [0.15, 0.2) is 5.65 Å². The molecule has 0 atom stereocenters. The minimum Gasteiger partial charge on any atom is -0.353 e. The number of carbonyl (C=O) groups is 1. The molecule has 0 fully saturated rings. The van der Waals surface area contributed by atoms with Crippen molar-refractivity contribution in [2.75, 3.05) is 5.32 Å². The molecule has 182 valence electrons. The molecule has 0 aliphatic heterocycles. The molecule has 3 N–H and O–H groups in total. The Bertz CT molecular complexity index is 1730. The van der Waals surface area contributed by atoms with Gasteiger partial charge in [0.05, 0.1) is 23.3 Å². The molecule has 0 aliphatic rings. The van der Waals surface area contributed by atoms with Crippen LogP contribution >= 0.6 is 0 Å². The van der Waals surface area contributed by atoms with Crippen LogP contribution in [-0.2, 0) is 4.79 Å². The SMILES string of the molecule is CC(C)CC(=O)Nc1cncc(-c2cnc3n[nH]c(-c4cc5c(-c6cccnc6)cccc5[nH]4)c3c2)c1. The van der Waals surface area contributed by atoms with Crippen LogP contribution in [0, 0.1) is 5.92 Å². The summed E-state index contributed by atoms with van der Waals surface area (Å²) in [5.41, 5.74) is 8.00. The molecule has 8 heteroatoms. The molecule has 0 spiro atoms. The number of fused-ring (bicyclic) bond motifs is 2. The second kappa shape index (κ2) is 9.31. The maximum atomic E-state index is 12.2. The van der Waals surface area contributed by atoms with E-state index in [1.165, 1.54) is 0 Å². The summed E-state index contributed by atoms with van der Waals surface area (Å²) in [5, 5.41) is 12.5. The minimum atomic E-state index is -0.0240. The number of hydrogen-bond donors (Lipinski definition) is 3. The fourth-order valence-corrected chi connectivity index (χ4v) is 4.58. The molecule has 0 saturated carbocycles. The molecular formula is C29H25N7O. The zero-order valence-electron chi connectivity index (χ0n) is 20.5. The van der Waals surface area contributed by atoms with Gasteiger partial charge in [-0.1, -0.05) is 32.0 Å². The lowest BCUT2D eigenvalue weighted by Gasteiger charge is -2.08. The molecule has 0 unspecified atom stereocenters. The Balaban J connectivity index is 1.38. The van der Waals surface area contributed by atoms with E-state index in [1.807, 2.05) is 44.3 Å². The number of aromatic amines is 2. The number of rotatable bonds is 6. The summed E-state index contributed by atoms with van der Waals surface area (Å²) in [6.07, 6.45) is 9.30. The normalized spacial score (nSPS) is 11.4. The molecule has 0 radical (unpaired) electrons. The number of carbonyl (C=O) groups excluding carboxylic acids is 1. The zero-order valence-corrected chi connectivity index (χ0v) is 20.5. The van der Waals surface area contributed by atoms with Crippen LogP contribution in [0.3, 0.4) is 0 Å². The Morgan fingerprint density at radius 3 is 2.62 bits per heavy atom. The Labute approximate surface area is 213 Å². The first-order valence-electron chi connectivity index (χ1n) is 12.2. The van der Waals surface area contributed by atoms with Gasteiger partial charge in [-0.25, -0.2) is 4.98 Å². The molecule has 5 heterocycles. The molecule has 0 aliphatic carbocycles. The maximum Gasteiger partial charge on any atom is 0.224 e. The number of aromatic nitrogens is 6. The van der Waals surface area contributed by atoms with Gasteiger partial charge < -0.3 is 10.3 Å². The predicted molar refractivity (Wildman–Crippen MR) is 146 cm³/mol. The summed E-state index contributed by atoms with van der Waals surface area (Å²) < 4.78 is 0. The summed E-state index contributed by atoms with van der Waals surface area (Å²) >= 11 is 0. The molecule has 1 aromatic carbocycles. The summed E-state index contributed by atoms with van der Waals surface area (Å²) in [7, 11) is 0. The van der Waals surface area contributed by atoms with Gasteiger partial charge in [-0.2, -0.15) is 5.10 Å². The largest absolute Gasteiger partial charge is 0.353 e. The highest BCUT2D eigenvalue weighted by molar-refractivity contribution is 6.01. The van der Waals surface area contributed by atoms with Gasteiger partial charge in [0, 0.05) is 64.2 Å². The number of pyridine rings is 3. The maximum absolute atomic E-state index is 12.2. The molecule has 0 bridgehead atoms. The van der Waals surface area contributed by atoms with Crippen LogP contribution in [-0.4, -0.2) is 36.0 Å². The van der Waals surface area contributed by atoms with E-state index in [-0.39, 0.29) is 11.8 Å². The van der Waals surface area contributed by atoms with Crippen LogP contribution in [0.5, 0.6) is 0 Å². The van der Waals surface area contributed by atoms with Crippen molar-refractivity contribution >= 4 is 33.5 Å². The van der Waals surface area contributed by atoms with Gasteiger partial charge >= 0.3 is 0 Å². The number of nitrogens with zero attached hydrogens (tertiary/aromatic N) is 4. The first-order valence-corrected chi connectivity index (χ1v) is 12.2. The van der Waals surface area contributed by atoms with Crippen molar-refractivity contribution in [3.8, 4) is 33.6 Å². The van der Waals surface area contributed by atoms with E-state index in [1.54, 1.807) is 24.8 Å². The fraction of sp³-hybridized carbons (Fsp3) is 0.138. The van der Waals surface area contributed by atoms with Crippen molar-refractivity contribution in [3.05, 3.63) is 79.5 Å². The lowest BCUT2D eigenvalue weighted by molar-refractivity contribution is -0.116. The van der Waals surface area contributed by atoms with Gasteiger partial charge in [0.1, 0.15) is 0 Å². The van der Waals surface area contributed by atoms with Crippen molar-refractivity contribution in [1.82, 2.24) is 30.1 Å². The summed E-state index contributed by atoms with van der Waals surface area (Å²) in [6, 6.07) is 16.3. The number of anilines is 1. The second-order valence-corrected chi connectivity index (χ2v) is 9.49. The standard InChI is InChI=1S/C29H25N7O/c1-17(2)9-27(37)33-21-10-19(14-31-16-21)20-11-24-28(35-36-29(24)32-15-20)26-12-23-22(6-3-7-25(23)34-26)18-5-4-8-30-13-18/h3-8,10-17,34H,9H2,1-2H3,(H,33,37)(H,32,35,36). The van der Waals surface area contributed by atoms with E-state index < -0.39 is 0 Å². The van der Waals surface area contributed by atoms with E-state index in [0.29, 0.717) is 17.8 Å². The van der Waals surface area contributed by atoms with E-state index in [0.717, 1.165) is 49.9 Å². The molecular weight excluding hydrogens is 462 g/mol. The van der Waals surface area contributed by atoms with Gasteiger partial charge in [0.25, 0.3) is 0 Å². The van der Waals surface area contributed by atoms with E-state index in [4.69, 9.17) is 0 Å². The molecule has 5 aromatic heterocycles. The van der Waals surface area contributed by atoms with Crippen molar-refractivity contribution in [2.24, 2.45) is 5.92 Å². The number of benzene rings is 1. The van der Waals surface area contributed by atoms with Gasteiger partial charge in [-0.3, -0.25) is 19.9 Å². The minimum absolute atomic E-state index is 0.0240. The third kappa shape index (κ3) is 4.45. The lowest BCUT2D eigenvalue weighted by Crippen LogP contribution is -2.13. The predicted octanol–water partition coefficient (Wildman–Crippen LogP) is 6.21. The fourth-order valence-electron chi connectivity index (χ4n) is 4.58. The summed E-state index contributed by atoms with van der Waals surface area (Å²) in [6.45, 7) is 4.04. The number of amides is 1. The second-order valence-electron chi connectivity index (χ2n) is 9.49. The highest BCUT2D eigenvalue weighted by atomic mass is 16.1. The Hall–Kier alpha value is -4.85. The van der Waals surface area contributed by atoms with Crippen LogP contribution in [0.1, 0.15) is 20.3 Å². The van der Waals surface area contributed by atoms with Crippen molar-refractivity contribution in [3.63, 3.8) is 0 Å². The molecule has 8 nitrogen and oxygen atoms in total. The van der Waals surface area contributed by atoms with Crippen molar-refractivity contribution in [2.45, 2.75) is 20.3 Å². The van der Waals surface area contributed by atoms with E-state index in [2.05, 4.69) is 59.7 Å². The first-order chi connectivity index (χ1) is 18.0. The smallest absolute Gasteiger partial charge is 0.224 e. The summed E-state index contributed by atoms with van der Waals surface area (Å²) in [5.74, 6) is 0.261. The Morgan fingerprint density at radius 1 is 0.919 bits per heavy atom. The van der Waals surface area contributed by atoms with Crippen LogP contribution in [0.25, 0.3) is 55.6 Å². The van der Waals surface area contributed by atoms with Crippen molar-refractivity contribution < 1.29 is 4.79 Å². The molecule has 37 heavy (non-hydrogen) atoms. The quantitative estimate of drug-likeness (QED) is 0.258. The average Bonchev–Trinajstić information content (AvgIpc) is 3.52. The van der Waals surface area contributed by atoms with Crippen LogP contribution in [0.15, 0.2) is 79.5 Å². The van der Waals surface area contributed by atoms with Gasteiger partial charge in [-0.05, 0) is 41.8 Å². The Kier molecular flexibility index (Phi) is 5.69. The third-order valence-corrected chi connectivity index (χ3v) is 6.26. The average molecular weight is 488 g/mol. The molecule has 6 aromatic rings. The molecule has 1 amide bonds. The van der Waals surface area contributed by atoms with Crippen LogP contribution in [0.2, 0.25) is 0 Å². The zero-order chi connectivity index (χ0) is 25.4. The van der Waals surface area contributed by atoms with Gasteiger partial charge in [0.2, 0.25) is 5.91 Å². The number of H-pyrrole nitrogens is 2. The monoisotopic (exact) mass is 487 g/mol. The first kappa shape index (κ1) is 22.6. The Morgan fingerprint density at radius 2 is 1.78 bits per heavy atom. The lowest BCUT2D eigenvalue weighted by atomic mass is 10.0. The van der Waals surface area contributed by atoms with Crippen LogP contribution in [0.4, 0.5) is 5.69 Å². The number of hydrogen-bond acceptors (Lipinski definition) is 5. The molecule has 0 saturated heterocycles. The molecule has 6 rings (SSSR count). The van der Waals surface area contributed by atoms with Gasteiger partial charge in [-0.15, -0.1) is 0 Å². The number of nitrogens with one attached hydrogen (secondary N) is 3. The van der Waals surface area contributed by atoms with Crippen LogP contribution < -0.4 is 5.32 Å². The third-order valence-electron chi connectivity index (χ3n) is 6.26. The summed E-state index contributed by atoms with van der Waals surface area (Å²) in [4.78, 5) is 28.9.